The third-order valence-electron chi connectivity index (χ3n) is 2.92. The first-order valence-corrected chi connectivity index (χ1v) is 5.94. The Morgan fingerprint density at radius 1 is 1.59 bits per heavy atom. The number of piperazine rings is 1. The molecule has 2 rings (SSSR count). The van der Waals surface area contributed by atoms with Gasteiger partial charge in [0.25, 0.3) is 5.91 Å². The number of nitrogens with zero attached hydrogens (tertiary/aromatic N) is 1. The van der Waals surface area contributed by atoms with Crippen LogP contribution in [0.5, 0.6) is 0 Å². The summed E-state index contributed by atoms with van der Waals surface area (Å²) in [6.45, 7) is 3.99. The van der Waals surface area contributed by atoms with Crippen LogP contribution in [0.1, 0.15) is 17.3 Å². The molecule has 1 aliphatic rings. The number of halogens is 2. The molecule has 92 valence electrons. The average molecular weight is 257 g/mol. The van der Waals surface area contributed by atoms with E-state index in [2.05, 4.69) is 5.32 Å². The molecule has 1 aromatic carbocycles. The third kappa shape index (κ3) is 2.58. The lowest BCUT2D eigenvalue weighted by Gasteiger charge is -2.34. The van der Waals surface area contributed by atoms with Crippen LogP contribution < -0.4 is 5.32 Å². The lowest BCUT2D eigenvalue weighted by molar-refractivity contribution is 0.0651. The molecule has 17 heavy (non-hydrogen) atoms. The summed E-state index contributed by atoms with van der Waals surface area (Å²) >= 11 is 5.79. The third-order valence-corrected chi connectivity index (χ3v) is 3.16. The van der Waals surface area contributed by atoms with Gasteiger partial charge in [0.2, 0.25) is 0 Å². The highest BCUT2D eigenvalue weighted by Crippen LogP contribution is 2.18. The number of carbonyl (C=O) groups excluding carboxylic acids is 1. The molecule has 1 aromatic rings. The molecular weight excluding hydrogens is 243 g/mol. The number of rotatable bonds is 1. The number of hydrogen-bond acceptors (Lipinski definition) is 2. The Hall–Kier alpha value is -1.13. The van der Waals surface area contributed by atoms with Crippen LogP contribution in [0.4, 0.5) is 4.39 Å². The fourth-order valence-electron chi connectivity index (χ4n) is 1.96. The molecule has 0 aliphatic carbocycles. The van der Waals surface area contributed by atoms with Crippen LogP contribution in [0.15, 0.2) is 18.2 Å². The first-order chi connectivity index (χ1) is 8.09. The van der Waals surface area contributed by atoms with Gasteiger partial charge < -0.3 is 10.2 Å². The summed E-state index contributed by atoms with van der Waals surface area (Å²) in [5, 5.41) is 3.56. The van der Waals surface area contributed by atoms with Crippen molar-refractivity contribution in [1.82, 2.24) is 10.2 Å². The van der Waals surface area contributed by atoms with E-state index in [1.807, 2.05) is 6.92 Å². The minimum atomic E-state index is -0.523. The van der Waals surface area contributed by atoms with Crippen molar-refractivity contribution >= 4 is 17.5 Å². The summed E-state index contributed by atoms with van der Waals surface area (Å²) in [5.74, 6) is -0.816. The quantitative estimate of drug-likeness (QED) is 0.833. The van der Waals surface area contributed by atoms with E-state index in [0.717, 1.165) is 13.1 Å². The van der Waals surface area contributed by atoms with Crippen LogP contribution in [0.3, 0.4) is 0 Å². The Labute approximate surface area is 105 Å². The van der Waals surface area contributed by atoms with Crippen LogP contribution in [0.2, 0.25) is 5.02 Å². The Morgan fingerprint density at radius 3 is 3.06 bits per heavy atom. The van der Waals surface area contributed by atoms with E-state index in [1.165, 1.54) is 18.2 Å². The SMILES string of the molecule is C[C@H]1CNCCN1C(=O)c1cc(Cl)ccc1F. The molecule has 0 unspecified atom stereocenters. The predicted molar refractivity (Wildman–Crippen MR) is 64.8 cm³/mol. The molecule has 1 fully saturated rings. The smallest absolute Gasteiger partial charge is 0.257 e. The number of carbonyl (C=O) groups is 1. The molecular formula is C12H14ClFN2O. The molecule has 5 heteroatoms. The first kappa shape index (κ1) is 12.3. The molecule has 0 bridgehead atoms. The van der Waals surface area contributed by atoms with Crippen molar-refractivity contribution in [2.24, 2.45) is 0 Å². The summed E-state index contributed by atoms with van der Waals surface area (Å²) in [7, 11) is 0. The van der Waals surface area contributed by atoms with Gasteiger partial charge in [0.1, 0.15) is 5.82 Å². The highest BCUT2D eigenvalue weighted by molar-refractivity contribution is 6.31. The monoisotopic (exact) mass is 256 g/mol. The van der Waals surface area contributed by atoms with Crippen LogP contribution in [-0.2, 0) is 0 Å². The van der Waals surface area contributed by atoms with Crippen molar-refractivity contribution in [3.63, 3.8) is 0 Å². The van der Waals surface area contributed by atoms with Gasteiger partial charge in [-0.2, -0.15) is 0 Å². The van der Waals surface area contributed by atoms with Crippen molar-refractivity contribution in [2.45, 2.75) is 13.0 Å². The zero-order valence-electron chi connectivity index (χ0n) is 9.54. The van der Waals surface area contributed by atoms with Crippen molar-refractivity contribution in [2.75, 3.05) is 19.6 Å². The molecule has 1 amide bonds. The summed E-state index contributed by atoms with van der Waals surface area (Å²) < 4.78 is 13.6. The van der Waals surface area contributed by atoms with Crippen molar-refractivity contribution in [3.8, 4) is 0 Å². The fourth-order valence-corrected chi connectivity index (χ4v) is 2.13. The van der Waals surface area contributed by atoms with Gasteiger partial charge in [-0.25, -0.2) is 4.39 Å². The molecule has 0 aromatic heterocycles. The van der Waals surface area contributed by atoms with Gasteiger partial charge >= 0.3 is 0 Å². The second kappa shape index (κ2) is 5.02. The molecule has 0 spiro atoms. The molecule has 0 radical (unpaired) electrons. The maximum Gasteiger partial charge on any atom is 0.257 e. The van der Waals surface area contributed by atoms with Gasteiger partial charge in [0.05, 0.1) is 5.56 Å². The number of hydrogen-bond donors (Lipinski definition) is 1. The minimum absolute atomic E-state index is 0.0475. The van der Waals surface area contributed by atoms with Gasteiger partial charge in [-0.3, -0.25) is 4.79 Å². The summed E-state index contributed by atoms with van der Waals surface area (Å²) in [5.41, 5.74) is 0.0475. The van der Waals surface area contributed by atoms with Crippen LogP contribution in [0.25, 0.3) is 0 Å². The Bertz CT molecular complexity index is 439. The van der Waals surface area contributed by atoms with Gasteiger partial charge in [0, 0.05) is 30.7 Å². The topological polar surface area (TPSA) is 32.3 Å². The Morgan fingerprint density at radius 2 is 2.35 bits per heavy atom. The van der Waals surface area contributed by atoms with E-state index in [0.29, 0.717) is 11.6 Å². The second-order valence-electron chi connectivity index (χ2n) is 4.18. The van der Waals surface area contributed by atoms with Gasteiger partial charge in [-0.15, -0.1) is 0 Å². The number of benzene rings is 1. The summed E-state index contributed by atoms with van der Waals surface area (Å²) in [4.78, 5) is 13.9. The predicted octanol–water partition coefficient (Wildman–Crippen LogP) is 1.91. The molecule has 0 saturated carbocycles. The normalized spacial score (nSPS) is 20.4. The fraction of sp³-hybridized carbons (Fsp3) is 0.417. The zero-order valence-corrected chi connectivity index (χ0v) is 10.3. The standard InChI is InChI=1S/C12H14ClFN2O/c1-8-7-15-4-5-16(8)12(17)10-6-9(13)2-3-11(10)14/h2-3,6,8,15H,4-5,7H2,1H3/t8-/m0/s1. The van der Waals surface area contributed by atoms with Crippen LogP contribution >= 0.6 is 11.6 Å². The molecule has 1 N–H and O–H groups in total. The van der Waals surface area contributed by atoms with Crippen LogP contribution in [-0.4, -0.2) is 36.5 Å². The Balaban J connectivity index is 2.26. The van der Waals surface area contributed by atoms with E-state index < -0.39 is 5.82 Å². The van der Waals surface area contributed by atoms with Crippen LogP contribution in [0, 0.1) is 5.82 Å². The molecule has 1 heterocycles. The number of amides is 1. The highest BCUT2D eigenvalue weighted by Gasteiger charge is 2.25. The van der Waals surface area contributed by atoms with Gasteiger partial charge in [0.15, 0.2) is 0 Å². The maximum atomic E-state index is 13.6. The highest BCUT2D eigenvalue weighted by atomic mass is 35.5. The number of nitrogens with one attached hydrogen (secondary N) is 1. The lowest BCUT2D eigenvalue weighted by Crippen LogP contribution is -2.52. The van der Waals surface area contributed by atoms with E-state index in [9.17, 15) is 9.18 Å². The largest absolute Gasteiger partial charge is 0.333 e. The van der Waals surface area contributed by atoms with Crippen molar-refractivity contribution in [3.05, 3.63) is 34.6 Å². The molecule has 1 saturated heterocycles. The van der Waals surface area contributed by atoms with Gasteiger partial charge in [-0.05, 0) is 25.1 Å². The molecule has 1 aliphatic heterocycles. The second-order valence-corrected chi connectivity index (χ2v) is 4.61. The molecule has 3 nitrogen and oxygen atoms in total. The minimum Gasteiger partial charge on any atom is -0.333 e. The Kier molecular flexibility index (Phi) is 3.64. The lowest BCUT2D eigenvalue weighted by atomic mass is 10.1. The van der Waals surface area contributed by atoms with E-state index in [4.69, 9.17) is 11.6 Å². The van der Waals surface area contributed by atoms with Crippen molar-refractivity contribution in [1.29, 1.82) is 0 Å². The van der Waals surface area contributed by atoms with E-state index >= 15 is 0 Å². The van der Waals surface area contributed by atoms with Crippen molar-refractivity contribution < 1.29 is 9.18 Å². The summed E-state index contributed by atoms with van der Waals surface area (Å²) in [6.07, 6.45) is 0. The maximum absolute atomic E-state index is 13.6. The zero-order chi connectivity index (χ0) is 12.4. The summed E-state index contributed by atoms with van der Waals surface area (Å²) in [6, 6.07) is 4.11. The van der Waals surface area contributed by atoms with Gasteiger partial charge in [-0.1, -0.05) is 11.6 Å². The van der Waals surface area contributed by atoms with E-state index in [1.54, 1.807) is 4.90 Å². The average Bonchev–Trinajstić information content (AvgIpc) is 2.32. The van der Waals surface area contributed by atoms with E-state index in [-0.39, 0.29) is 17.5 Å². The first-order valence-electron chi connectivity index (χ1n) is 5.56. The molecule has 1 atom stereocenters.